The highest BCUT2D eigenvalue weighted by molar-refractivity contribution is 7.09. The number of hydrogen-bond donors (Lipinski definition) is 0. The van der Waals surface area contributed by atoms with E-state index >= 15 is 0 Å². The third-order valence-electron chi connectivity index (χ3n) is 5.41. The summed E-state index contributed by atoms with van der Waals surface area (Å²) in [6.07, 6.45) is 5.99. The fourth-order valence-corrected chi connectivity index (χ4v) is 4.63. The van der Waals surface area contributed by atoms with Gasteiger partial charge in [-0.2, -0.15) is 0 Å². The molecule has 6 nitrogen and oxygen atoms in total. The van der Waals surface area contributed by atoms with Crippen LogP contribution in [-0.4, -0.2) is 58.2 Å². The molecule has 0 unspecified atom stereocenters. The van der Waals surface area contributed by atoms with Crippen LogP contribution in [0, 0.1) is 0 Å². The Kier molecular flexibility index (Phi) is 5.46. The van der Waals surface area contributed by atoms with Crippen molar-refractivity contribution in [2.24, 2.45) is 0 Å². The van der Waals surface area contributed by atoms with Gasteiger partial charge in [0.25, 0.3) is 5.91 Å². The normalized spacial score (nSPS) is 19.3. The lowest BCUT2D eigenvalue weighted by atomic mass is 9.81. The molecule has 26 heavy (non-hydrogen) atoms. The first-order valence-corrected chi connectivity index (χ1v) is 9.88. The molecule has 0 atom stereocenters. The minimum atomic E-state index is -0.743. The number of imide groups is 1. The van der Waals surface area contributed by atoms with Crippen molar-refractivity contribution < 1.29 is 14.4 Å². The van der Waals surface area contributed by atoms with Gasteiger partial charge in [0.1, 0.15) is 12.1 Å². The minimum Gasteiger partial charge on any atom is -0.332 e. The third-order valence-corrected chi connectivity index (χ3v) is 6.27. The van der Waals surface area contributed by atoms with Crippen LogP contribution in [-0.2, 0) is 16.1 Å². The number of nitrogens with zero attached hydrogens (tertiary/aromatic N) is 3. The van der Waals surface area contributed by atoms with Gasteiger partial charge in [-0.25, -0.2) is 4.79 Å². The molecule has 1 spiro atoms. The molecule has 1 saturated heterocycles. The molecule has 0 aromatic carbocycles. The summed E-state index contributed by atoms with van der Waals surface area (Å²) >= 11 is 1.57. The third kappa shape index (κ3) is 3.28. The van der Waals surface area contributed by atoms with E-state index in [1.54, 1.807) is 34.3 Å². The lowest BCUT2D eigenvalue weighted by Gasteiger charge is -2.35. The Morgan fingerprint density at radius 2 is 2.08 bits per heavy atom. The standard InChI is InChI=1S/C19H25N3O3S/c1-3-11-21(13-15-8-7-12-26-15)16(23)14-22-17(24)19(20(2)18(22)25)9-5-4-6-10-19/h3,7-8,12H,1,4-6,9-11,13-14H2,2H3. The van der Waals surface area contributed by atoms with E-state index in [0.29, 0.717) is 25.9 Å². The van der Waals surface area contributed by atoms with Gasteiger partial charge in [-0.3, -0.25) is 14.5 Å². The van der Waals surface area contributed by atoms with Crippen molar-refractivity contribution in [2.75, 3.05) is 20.1 Å². The largest absolute Gasteiger partial charge is 0.332 e. The lowest BCUT2D eigenvalue weighted by molar-refractivity contribution is -0.140. The average molecular weight is 375 g/mol. The van der Waals surface area contributed by atoms with E-state index < -0.39 is 5.54 Å². The van der Waals surface area contributed by atoms with E-state index in [-0.39, 0.29) is 24.4 Å². The summed E-state index contributed by atoms with van der Waals surface area (Å²) < 4.78 is 0. The first-order chi connectivity index (χ1) is 12.5. The number of hydrogen-bond acceptors (Lipinski definition) is 4. The molecule has 1 aromatic rings. The van der Waals surface area contributed by atoms with Gasteiger partial charge < -0.3 is 9.80 Å². The number of amides is 4. The fourth-order valence-electron chi connectivity index (χ4n) is 3.91. The fraction of sp³-hybridized carbons (Fsp3) is 0.526. The highest BCUT2D eigenvalue weighted by Crippen LogP contribution is 2.39. The van der Waals surface area contributed by atoms with E-state index in [1.165, 1.54) is 0 Å². The van der Waals surface area contributed by atoms with E-state index in [0.717, 1.165) is 29.0 Å². The molecule has 1 aromatic heterocycles. The molecule has 1 aliphatic carbocycles. The first-order valence-electron chi connectivity index (χ1n) is 9.00. The Hall–Kier alpha value is -2.15. The molecule has 140 valence electrons. The second-order valence-corrected chi connectivity index (χ2v) is 8.00. The predicted octanol–water partition coefficient (Wildman–Crippen LogP) is 2.86. The smallest absolute Gasteiger partial charge is 0.327 e. The quantitative estimate of drug-likeness (QED) is 0.567. The van der Waals surface area contributed by atoms with Crippen LogP contribution in [0.3, 0.4) is 0 Å². The highest BCUT2D eigenvalue weighted by atomic mass is 32.1. The zero-order valence-electron chi connectivity index (χ0n) is 15.1. The van der Waals surface area contributed by atoms with Crippen LogP contribution in [0.1, 0.15) is 37.0 Å². The summed E-state index contributed by atoms with van der Waals surface area (Å²) in [5, 5.41) is 1.96. The van der Waals surface area contributed by atoms with E-state index in [9.17, 15) is 14.4 Å². The molecule has 0 N–H and O–H groups in total. The first kappa shape index (κ1) is 18.6. The van der Waals surface area contributed by atoms with E-state index in [2.05, 4.69) is 6.58 Å². The van der Waals surface area contributed by atoms with Crippen molar-refractivity contribution in [1.82, 2.24) is 14.7 Å². The Labute approximate surface area is 158 Å². The van der Waals surface area contributed by atoms with Crippen molar-refractivity contribution in [1.29, 1.82) is 0 Å². The summed E-state index contributed by atoms with van der Waals surface area (Å²) in [4.78, 5) is 43.9. The summed E-state index contributed by atoms with van der Waals surface area (Å²) in [6.45, 7) is 4.34. The van der Waals surface area contributed by atoms with Crippen LogP contribution in [0.15, 0.2) is 30.2 Å². The second-order valence-electron chi connectivity index (χ2n) is 6.97. The Balaban J connectivity index is 1.73. The minimum absolute atomic E-state index is 0.205. The Bertz CT molecular complexity index is 695. The molecule has 2 aliphatic rings. The average Bonchev–Trinajstić information content (AvgIpc) is 3.22. The van der Waals surface area contributed by atoms with Crippen LogP contribution in [0.4, 0.5) is 4.79 Å². The highest BCUT2D eigenvalue weighted by Gasteiger charge is 2.55. The van der Waals surface area contributed by atoms with Gasteiger partial charge in [0.2, 0.25) is 5.91 Å². The maximum atomic E-state index is 13.0. The maximum Gasteiger partial charge on any atom is 0.327 e. The van der Waals surface area contributed by atoms with Gasteiger partial charge in [0.05, 0.1) is 6.54 Å². The molecule has 2 fully saturated rings. The van der Waals surface area contributed by atoms with Crippen LogP contribution in [0.5, 0.6) is 0 Å². The van der Waals surface area contributed by atoms with Gasteiger partial charge in [0, 0.05) is 18.5 Å². The van der Waals surface area contributed by atoms with Crippen LogP contribution in [0.2, 0.25) is 0 Å². The van der Waals surface area contributed by atoms with Gasteiger partial charge in [-0.1, -0.05) is 31.4 Å². The number of rotatable bonds is 6. The number of likely N-dealkylation sites (N-methyl/N-ethyl adjacent to an activating group) is 1. The molecule has 7 heteroatoms. The predicted molar refractivity (Wildman–Crippen MR) is 101 cm³/mol. The molecule has 1 saturated carbocycles. The number of thiophene rings is 1. The SMILES string of the molecule is C=CCN(Cc1cccs1)C(=O)CN1C(=O)N(C)C2(CCCCC2)C1=O. The summed E-state index contributed by atoms with van der Waals surface area (Å²) in [5.41, 5.74) is -0.743. The van der Waals surface area contributed by atoms with Crippen LogP contribution in [0.25, 0.3) is 0 Å². The van der Waals surface area contributed by atoms with Crippen molar-refractivity contribution in [3.63, 3.8) is 0 Å². The van der Waals surface area contributed by atoms with Crippen molar-refractivity contribution in [3.8, 4) is 0 Å². The topological polar surface area (TPSA) is 60.9 Å². The van der Waals surface area contributed by atoms with Gasteiger partial charge in [-0.05, 0) is 24.3 Å². The van der Waals surface area contributed by atoms with Crippen LogP contribution >= 0.6 is 11.3 Å². The van der Waals surface area contributed by atoms with Gasteiger partial charge in [-0.15, -0.1) is 17.9 Å². The van der Waals surface area contributed by atoms with E-state index in [1.807, 2.05) is 17.5 Å². The van der Waals surface area contributed by atoms with Gasteiger partial charge in [0.15, 0.2) is 0 Å². The summed E-state index contributed by atoms with van der Waals surface area (Å²) in [7, 11) is 1.68. The molecule has 4 amide bonds. The second kappa shape index (κ2) is 7.61. The number of urea groups is 1. The zero-order chi connectivity index (χ0) is 18.7. The molecule has 3 rings (SSSR count). The monoisotopic (exact) mass is 375 g/mol. The molecular weight excluding hydrogens is 350 g/mol. The van der Waals surface area contributed by atoms with E-state index in [4.69, 9.17) is 0 Å². The Morgan fingerprint density at radius 1 is 1.35 bits per heavy atom. The van der Waals surface area contributed by atoms with Gasteiger partial charge >= 0.3 is 6.03 Å². The molecule has 2 heterocycles. The van der Waals surface area contributed by atoms with Crippen molar-refractivity contribution >= 4 is 29.2 Å². The van der Waals surface area contributed by atoms with Crippen molar-refractivity contribution in [3.05, 3.63) is 35.0 Å². The Morgan fingerprint density at radius 3 is 2.69 bits per heavy atom. The zero-order valence-corrected chi connectivity index (χ0v) is 16.0. The summed E-state index contributed by atoms with van der Waals surface area (Å²) in [5.74, 6) is -0.450. The van der Waals surface area contributed by atoms with Crippen molar-refractivity contribution in [2.45, 2.75) is 44.2 Å². The molecule has 0 radical (unpaired) electrons. The van der Waals surface area contributed by atoms with Crippen LogP contribution < -0.4 is 0 Å². The lowest BCUT2D eigenvalue weighted by Crippen LogP contribution is -2.49. The molecule has 0 bridgehead atoms. The molecule has 1 aliphatic heterocycles. The number of carbonyl (C=O) groups excluding carboxylic acids is 3. The molecular formula is C19H25N3O3S. The summed E-state index contributed by atoms with van der Waals surface area (Å²) in [6, 6.07) is 3.54. The number of carbonyl (C=O) groups is 3. The maximum absolute atomic E-state index is 13.0.